The quantitative estimate of drug-likeness (QED) is 0.579. The summed E-state index contributed by atoms with van der Waals surface area (Å²) in [6.07, 6.45) is -0.338. The van der Waals surface area contributed by atoms with Gasteiger partial charge in [0.05, 0.1) is 6.61 Å². The molecule has 0 radical (unpaired) electrons. The molecule has 5 nitrogen and oxygen atoms in total. The predicted molar refractivity (Wildman–Crippen MR) is 39.4 cm³/mol. The van der Waals surface area contributed by atoms with Crippen LogP contribution in [0.1, 0.15) is 13.8 Å². The minimum absolute atomic E-state index is 0.250. The lowest BCUT2D eigenvalue weighted by molar-refractivity contribution is -0.122. The molecule has 0 atom stereocenters. The number of carboxylic acid groups (broad SMARTS) is 1. The maximum atomic E-state index is 10.3. The third-order valence-electron chi connectivity index (χ3n) is 0.597. The SMILES string of the molecule is CCNC(=O)OCC.O=CO. The fourth-order valence-corrected chi connectivity index (χ4v) is 0.326. The third-order valence-corrected chi connectivity index (χ3v) is 0.597. The highest BCUT2D eigenvalue weighted by Gasteiger charge is 1.92. The van der Waals surface area contributed by atoms with Gasteiger partial charge in [0.2, 0.25) is 0 Å². The fraction of sp³-hybridized carbons (Fsp3) is 0.667. The molecule has 2 N–H and O–H groups in total. The first kappa shape index (κ1) is 12.4. The summed E-state index contributed by atoms with van der Waals surface area (Å²) in [5, 5.41) is 9.37. The van der Waals surface area contributed by atoms with Gasteiger partial charge in [0.25, 0.3) is 6.47 Å². The minimum Gasteiger partial charge on any atom is -0.483 e. The Labute approximate surface area is 65.4 Å². The van der Waals surface area contributed by atoms with Gasteiger partial charge in [-0.1, -0.05) is 0 Å². The van der Waals surface area contributed by atoms with Gasteiger partial charge in [0.1, 0.15) is 0 Å². The summed E-state index contributed by atoms with van der Waals surface area (Å²) < 4.78 is 4.53. The van der Waals surface area contributed by atoms with E-state index in [2.05, 4.69) is 10.1 Å². The lowest BCUT2D eigenvalue weighted by atomic mass is 10.7. The third kappa shape index (κ3) is 17.7. The van der Waals surface area contributed by atoms with Gasteiger partial charge < -0.3 is 15.2 Å². The molecule has 0 aliphatic carbocycles. The monoisotopic (exact) mass is 163 g/mol. The zero-order chi connectivity index (χ0) is 9.11. The molecule has 5 heteroatoms. The van der Waals surface area contributed by atoms with Crippen molar-refractivity contribution >= 4 is 12.6 Å². The Morgan fingerprint density at radius 3 is 2.36 bits per heavy atom. The molecule has 0 aliphatic rings. The molecule has 0 saturated carbocycles. The Balaban J connectivity index is 0. The number of carbonyl (C=O) groups excluding carboxylic acids is 1. The first-order valence-electron chi connectivity index (χ1n) is 3.21. The standard InChI is InChI=1S/C5H11NO2.CH2O2/c1-3-6-5(7)8-4-2;2-1-3/h3-4H2,1-2H3,(H,6,7);1H,(H,2,3). The first-order chi connectivity index (χ1) is 5.22. The largest absolute Gasteiger partial charge is 0.483 e. The summed E-state index contributed by atoms with van der Waals surface area (Å²) in [6.45, 7) is 4.43. The van der Waals surface area contributed by atoms with Crippen LogP contribution in [0.5, 0.6) is 0 Å². The van der Waals surface area contributed by atoms with Crippen molar-refractivity contribution in [3.63, 3.8) is 0 Å². The van der Waals surface area contributed by atoms with Gasteiger partial charge in [-0.05, 0) is 13.8 Å². The Morgan fingerprint density at radius 1 is 1.64 bits per heavy atom. The van der Waals surface area contributed by atoms with Crippen LogP contribution in [0.4, 0.5) is 4.79 Å². The number of rotatable bonds is 2. The molecular formula is C6H13NO4. The average Bonchev–Trinajstić information content (AvgIpc) is 1.90. The molecule has 0 aromatic heterocycles. The van der Waals surface area contributed by atoms with Crippen LogP contribution < -0.4 is 5.32 Å². The van der Waals surface area contributed by atoms with E-state index in [1.54, 1.807) is 6.92 Å². The van der Waals surface area contributed by atoms with Gasteiger partial charge >= 0.3 is 6.09 Å². The lowest BCUT2D eigenvalue weighted by Gasteiger charge is -1.99. The normalized spacial score (nSPS) is 7.09. The molecule has 0 spiro atoms. The van der Waals surface area contributed by atoms with E-state index in [1.165, 1.54) is 0 Å². The van der Waals surface area contributed by atoms with Crippen LogP contribution in [0.25, 0.3) is 0 Å². The molecule has 0 bridgehead atoms. The first-order valence-corrected chi connectivity index (χ1v) is 3.21. The summed E-state index contributed by atoms with van der Waals surface area (Å²) in [4.78, 5) is 18.7. The van der Waals surface area contributed by atoms with Crippen LogP contribution in [0, 0.1) is 0 Å². The van der Waals surface area contributed by atoms with Crippen molar-refractivity contribution in [2.45, 2.75) is 13.8 Å². The Bertz CT molecular complexity index is 96.8. The molecule has 0 aliphatic heterocycles. The highest BCUT2D eigenvalue weighted by molar-refractivity contribution is 5.66. The minimum atomic E-state index is -0.338. The van der Waals surface area contributed by atoms with Crippen molar-refractivity contribution < 1.29 is 19.4 Å². The fourth-order valence-electron chi connectivity index (χ4n) is 0.326. The molecule has 0 rings (SSSR count). The van der Waals surface area contributed by atoms with Crippen LogP contribution in [-0.2, 0) is 9.53 Å². The molecule has 0 fully saturated rings. The predicted octanol–water partition coefficient (Wildman–Crippen LogP) is 0.453. The van der Waals surface area contributed by atoms with Gasteiger partial charge in [-0.3, -0.25) is 4.79 Å². The maximum absolute atomic E-state index is 10.3. The van der Waals surface area contributed by atoms with Crippen LogP contribution in [0.3, 0.4) is 0 Å². The van der Waals surface area contributed by atoms with E-state index < -0.39 is 0 Å². The average molecular weight is 163 g/mol. The van der Waals surface area contributed by atoms with Gasteiger partial charge in [-0.25, -0.2) is 4.79 Å². The van der Waals surface area contributed by atoms with E-state index in [9.17, 15) is 4.79 Å². The van der Waals surface area contributed by atoms with E-state index in [-0.39, 0.29) is 12.6 Å². The van der Waals surface area contributed by atoms with Crippen molar-refractivity contribution in [3.8, 4) is 0 Å². The Hall–Kier alpha value is -1.26. The zero-order valence-electron chi connectivity index (χ0n) is 6.66. The molecule has 0 unspecified atom stereocenters. The summed E-state index contributed by atoms with van der Waals surface area (Å²) in [5.41, 5.74) is 0. The summed E-state index contributed by atoms with van der Waals surface area (Å²) in [7, 11) is 0. The van der Waals surface area contributed by atoms with Crippen LogP contribution in [0.15, 0.2) is 0 Å². The van der Waals surface area contributed by atoms with E-state index in [0.29, 0.717) is 13.2 Å². The number of carbonyl (C=O) groups is 2. The zero-order valence-corrected chi connectivity index (χ0v) is 6.66. The topological polar surface area (TPSA) is 75.6 Å². The molecule has 0 aromatic carbocycles. The van der Waals surface area contributed by atoms with Crippen molar-refractivity contribution in [2.75, 3.05) is 13.2 Å². The van der Waals surface area contributed by atoms with E-state index in [4.69, 9.17) is 9.90 Å². The summed E-state index contributed by atoms with van der Waals surface area (Å²) in [5.74, 6) is 0. The van der Waals surface area contributed by atoms with Gasteiger partial charge in [0.15, 0.2) is 0 Å². The smallest absolute Gasteiger partial charge is 0.407 e. The van der Waals surface area contributed by atoms with Gasteiger partial charge in [-0.2, -0.15) is 0 Å². The summed E-state index contributed by atoms with van der Waals surface area (Å²) >= 11 is 0. The number of amides is 1. The number of hydrogen-bond donors (Lipinski definition) is 2. The van der Waals surface area contributed by atoms with Crippen molar-refractivity contribution in [1.29, 1.82) is 0 Å². The Morgan fingerprint density at radius 2 is 2.09 bits per heavy atom. The molecule has 0 heterocycles. The van der Waals surface area contributed by atoms with Crippen molar-refractivity contribution in [2.24, 2.45) is 0 Å². The van der Waals surface area contributed by atoms with Gasteiger partial charge in [0, 0.05) is 6.54 Å². The van der Waals surface area contributed by atoms with Crippen LogP contribution in [-0.4, -0.2) is 30.8 Å². The van der Waals surface area contributed by atoms with Crippen molar-refractivity contribution in [3.05, 3.63) is 0 Å². The second kappa shape index (κ2) is 11.5. The van der Waals surface area contributed by atoms with Crippen LogP contribution in [0.2, 0.25) is 0 Å². The molecule has 0 aromatic rings. The second-order valence-electron chi connectivity index (χ2n) is 1.36. The molecule has 11 heavy (non-hydrogen) atoms. The number of nitrogens with one attached hydrogen (secondary N) is 1. The highest BCUT2D eigenvalue weighted by atomic mass is 16.5. The van der Waals surface area contributed by atoms with Crippen LogP contribution >= 0.6 is 0 Å². The molecular weight excluding hydrogens is 150 g/mol. The highest BCUT2D eigenvalue weighted by Crippen LogP contribution is 1.72. The van der Waals surface area contributed by atoms with E-state index in [1.807, 2.05) is 6.92 Å². The second-order valence-corrected chi connectivity index (χ2v) is 1.36. The Kier molecular flexibility index (Phi) is 13.0. The molecule has 66 valence electrons. The number of alkyl carbamates (subject to hydrolysis) is 1. The molecule has 0 saturated heterocycles. The van der Waals surface area contributed by atoms with E-state index in [0.717, 1.165) is 0 Å². The number of hydrogen-bond acceptors (Lipinski definition) is 3. The van der Waals surface area contributed by atoms with E-state index >= 15 is 0 Å². The molecule has 1 amide bonds. The summed E-state index contributed by atoms with van der Waals surface area (Å²) in [6, 6.07) is 0. The van der Waals surface area contributed by atoms with Gasteiger partial charge in [-0.15, -0.1) is 0 Å². The lowest BCUT2D eigenvalue weighted by Crippen LogP contribution is -2.23. The number of ether oxygens (including phenoxy) is 1. The van der Waals surface area contributed by atoms with Crippen molar-refractivity contribution in [1.82, 2.24) is 5.32 Å². The maximum Gasteiger partial charge on any atom is 0.407 e.